The fourth-order valence-electron chi connectivity index (χ4n) is 1.35. The number of phosphoric acid groups is 1. The molecule has 1 rings (SSSR count). The average Bonchev–Trinajstić information content (AvgIpc) is 2.32. The average molecular weight is 384 g/mol. The predicted molar refractivity (Wildman–Crippen MR) is 79.7 cm³/mol. The van der Waals surface area contributed by atoms with Crippen LogP contribution in [0.2, 0.25) is 0 Å². The lowest BCUT2D eigenvalue weighted by molar-refractivity contribution is 0.122. The van der Waals surface area contributed by atoms with Crippen LogP contribution in [0, 0.1) is 3.57 Å². The molecule has 0 radical (unpaired) electrons. The van der Waals surface area contributed by atoms with E-state index in [0.717, 1.165) is 5.56 Å². The van der Waals surface area contributed by atoms with Crippen LogP contribution in [-0.4, -0.2) is 19.8 Å². The normalized spacial score (nSPS) is 11.7. The Hall–Kier alpha value is 0.0600. The fraction of sp³-hybridized carbons (Fsp3) is 0.500. The summed E-state index contributed by atoms with van der Waals surface area (Å²) in [7, 11) is -3.37. The first-order chi connectivity index (χ1) is 8.59. The van der Waals surface area contributed by atoms with Gasteiger partial charge in [0.05, 0.1) is 19.8 Å². The molecule has 4 nitrogen and oxygen atoms in total. The zero-order valence-electron chi connectivity index (χ0n) is 10.6. The van der Waals surface area contributed by atoms with E-state index in [1.165, 1.54) is 3.57 Å². The van der Waals surface area contributed by atoms with E-state index in [0.29, 0.717) is 26.2 Å². The Kier molecular flexibility index (Phi) is 7.41. The van der Waals surface area contributed by atoms with Gasteiger partial charge in [0.15, 0.2) is 0 Å². The highest BCUT2D eigenvalue weighted by atomic mass is 127. The molecule has 0 fully saturated rings. The molecule has 102 valence electrons. The van der Waals surface area contributed by atoms with Crippen LogP contribution in [-0.2, 0) is 24.6 Å². The Bertz CT molecular complexity index is 384. The van der Waals surface area contributed by atoms with Crippen molar-refractivity contribution in [1.82, 2.24) is 0 Å². The monoisotopic (exact) mass is 384 g/mol. The Balaban J connectivity index is 2.43. The highest BCUT2D eigenvalue weighted by molar-refractivity contribution is 14.1. The second kappa shape index (κ2) is 8.27. The van der Waals surface area contributed by atoms with E-state index in [1.807, 2.05) is 24.3 Å². The molecule has 0 N–H and O–H groups in total. The number of benzene rings is 1. The molecule has 1 aromatic carbocycles. The predicted octanol–water partition coefficient (Wildman–Crippen LogP) is 4.03. The highest BCUT2D eigenvalue weighted by Crippen LogP contribution is 2.49. The van der Waals surface area contributed by atoms with E-state index >= 15 is 0 Å². The summed E-state index contributed by atoms with van der Waals surface area (Å²) in [6.07, 6.45) is 0.682. The fourth-order valence-corrected chi connectivity index (χ4v) is 2.88. The van der Waals surface area contributed by atoms with Gasteiger partial charge >= 0.3 is 7.82 Å². The molecule has 0 saturated heterocycles. The van der Waals surface area contributed by atoms with Gasteiger partial charge in [-0.2, -0.15) is 0 Å². The van der Waals surface area contributed by atoms with Crippen LogP contribution in [0.15, 0.2) is 24.3 Å². The SMILES string of the molecule is CCOP(=O)(OCC)OCCc1ccc(I)cc1. The number of halogens is 1. The lowest BCUT2D eigenvalue weighted by atomic mass is 10.2. The van der Waals surface area contributed by atoms with Gasteiger partial charge in [-0.15, -0.1) is 0 Å². The first-order valence-electron chi connectivity index (χ1n) is 5.87. The number of rotatable bonds is 8. The third-order valence-electron chi connectivity index (χ3n) is 2.13. The first-order valence-corrected chi connectivity index (χ1v) is 8.41. The van der Waals surface area contributed by atoms with Gasteiger partial charge in [0.1, 0.15) is 0 Å². The minimum atomic E-state index is -3.37. The molecule has 0 aromatic heterocycles. The van der Waals surface area contributed by atoms with Crippen molar-refractivity contribution in [2.45, 2.75) is 20.3 Å². The van der Waals surface area contributed by atoms with Gasteiger partial charge < -0.3 is 0 Å². The van der Waals surface area contributed by atoms with E-state index < -0.39 is 7.82 Å². The van der Waals surface area contributed by atoms with Gasteiger partial charge in [-0.25, -0.2) is 4.57 Å². The zero-order chi connectivity index (χ0) is 13.4. The van der Waals surface area contributed by atoms with Crippen molar-refractivity contribution in [1.29, 1.82) is 0 Å². The minimum Gasteiger partial charge on any atom is -0.287 e. The Morgan fingerprint density at radius 3 is 2.11 bits per heavy atom. The van der Waals surface area contributed by atoms with Crippen molar-refractivity contribution in [3.63, 3.8) is 0 Å². The molecule has 0 heterocycles. The number of hydrogen-bond donors (Lipinski definition) is 0. The van der Waals surface area contributed by atoms with Crippen LogP contribution in [0.5, 0.6) is 0 Å². The van der Waals surface area contributed by atoms with Gasteiger partial charge in [0.2, 0.25) is 0 Å². The molecule has 0 saturated carbocycles. The van der Waals surface area contributed by atoms with E-state index in [9.17, 15) is 4.57 Å². The topological polar surface area (TPSA) is 44.8 Å². The Labute approximate surface area is 122 Å². The maximum atomic E-state index is 12.0. The van der Waals surface area contributed by atoms with Gasteiger partial charge in [0, 0.05) is 3.57 Å². The Morgan fingerprint density at radius 1 is 1.06 bits per heavy atom. The van der Waals surface area contributed by atoms with Crippen molar-refractivity contribution in [3.8, 4) is 0 Å². The highest BCUT2D eigenvalue weighted by Gasteiger charge is 2.24. The van der Waals surface area contributed by atoms with E-state index in [2.05, 4.69) is 22.6 Å². The molecular formula is C12H18IO4P. The standard InChI is InChI=1S/C12H18IO4P/c1-3-15-18(14,16-4-2)17-10-9-11-5-7-12(13)8-6-11/h5-8H,3-4,9-10H2,1-2H3. The second-order valence-electron chi connectivity index (χ2n) is 3.49. The van der Waals surface area contributed by atoms with Crippen LogP contribution >= 0.6 is 30.4 Å². The first kappa shape index (κ1) is 16.1. The molecule has 0 aliphatic heterocycles. The summed E-state index contributed by atoms with van der Waals surface area (Å²) in [5.41, 5.74) is 1.13. The maximum Gasteiger partial charge on any atom is 0.474 e. The summed E-state index contributed by atoms with van der Waals surface area (Å²) in [5, 5.41) is 0. The van der Waals surface area contributed by atoms with Crippen LogP contribution in [0.4, 0.5) is 0 Å². The van der Waals surface area contributed by atoms with Gasteiger partial charge in [0.25, 0.3) is 0 Å². The summed E-state index contributed by atoms with van der Waals surface area (Å²) in [6.45, 7) is 4.45. The largest absolute Gasteiger partial charge is 0.474 e. The number of phosphoric ester groups is 1. The Morgan fingerprint density at radius 2 is 1.61 bits per heavy atom. The summed E-state index contributed by atoms with van der Waals surface area (Å²) >= 11 is 2.25. The molecular weight excluding hydrogens is 366 g/mol. The van der Waals surface area contributed by atoms with E-state index in [4.69, 9.17) is 13.6 Å². The third kappa shape index (κ3) is 5.80. The van der Waals surface area contributed by atoms with Crippen molar-refractivity contribution in [3.05, 3.63) is 33.4 Å². The summed E-state index contributed by atoms with van der Waals surface area (Å²) in [4.78, 5) is 0. The maximum absolute atomic E-state index is 12.0. The molecule has 0 aliphatic rings. The van der Waals surface area contributed by atoms with Crippen molar-refractivity contribution >= 4 is 30.4 Å². The molecule has 0 aliphatic carbocycles. The minimum absolute atomic E-state index is 0.306. The summed E-state index contributed by atoms with van der Waals surface area (Å²) in [5.74, 6) is 0. The van der Waals surface area contributed by atoms with E-state index in [1.54, 1.807) is 13.8 Å². The molecule has 0 unspecified atom stereocenters. The molecule has 1 aromatic rings. The van der Waals surface area contributed by atoms with Gasteiger partial charge in [-0.1, -0.05) is 12.1 Å². The summed E-state index contributed by atoms with van der Waals surface area (Å²) < 4.78 is 28.5. The molecule has 0 spiro atoms. The molecule has 0 amide bonds. The molecule has 0 bridgehead atoms. The molecule has 0 atom stereocenters. The van der Waals surface area contributed by atoms with Crippen molar-refractivity contribution < 1.29 is 18.1 Å². The lowest BCUT2D eigenvalue weighted by Gasteiger charge is -2.16. The van der Waals surface area contributed by atoms with Crippen molar-refractivity contribution in [2.75, 3.05) is 19.8 Å². The molecule has 18 heavy (non-hydrogen) atoms. The molecule has 6 heteroatoms. The smallest absolute Gasteiger partial charge is 0.287 e. The van der Waals surface area contributed by atoms with E-state index in [-0.39, 0.29) is 0 Å². The zero-order valence-corrected chi connectivity index (χ0v) is 13.6. The second-order valence-corrected chi connectivity index (χ2v) is 6.41. The number of hydrogen-bond acceptors (Lipinski definition) is 4. The third-order valence-corrected chi connectivity index (χ3v) is 4.49. The van der Waals surface area contributed by atoms with Gasteiger partial charge in [-0.05, 0) is 60.6 Å². The van der Waals surface area contributed by atoms with Crippen LogP contribution in [0.25, 0.3) is 0 Å². The van der Waals surface area contributed by atoms with Crippen LogP contribution < -0.4 is 0 Å². The quantitative estimate of drug-likeness (QED) is 0.502. The van der Waals surface area contributed by atoms with Gasteiger partial charge in [-0.3, -0.25) is 13.6 Å². The van der Waals surface area contributed by atoms with Crippen LogP contribution in [0.1, 0.15) is 19.4 Å². The lowest BCUT2D eigenvalue weighted by Crippen LogP contribution is -2.03. The van der Waals surface area contributed by atoms with Crippen LogP contribution in [0.3, 0.4) is 0 Å². The van der Waals surface area contributed by atoms with Crippen molar-refractivity contribution in [2.24, 2.45) is 0 Å². The summed E-state index contributed by atoms with van der Waals surface area (Å²) in [6, 6.07) is 8.11.